The zero-order chi connectivity index (χ0) is 14.2. The predicted molar refractivity (Wildman–Crippen MR) is 77.3 cm³/mol. The first kappa shape index (κ1) is 15.0. The van der Waals surface area contributed by atoms with Gasteiger partial charge >= 0.3 is 0 Å². The normalized spacial score (nSPS) is 20.8. The monoisotopic (exact) mass is 280 g/mol. The number of nitrogens with one attached hydrogen (secondary N) is 3. The van der Waals surface area contributed by atoms with E-state index in [1.165, 1.54) is 38.5 Å². The van der Waals surface area contributed by atoms with Gasteiger partial charge in [-0.25, -0.2) is 5.43 Å². The Labute approximate surface area is 119 Å². The van der Waals surface area contributed by atoms with Crippen molar-refractivity contribution in [3.8, 4) is 0 Å². The van der Waals surface area contributed by atoms with Crippen molar-refractivity contribution in [3.63, 3.8) is 0 Å². The third kappa shape index (κ3) is 4.92. The molecule has 0 atom stereocenters. The maximum atomic E-state index is 11.8. The molecule has 2 rings (SSSR count). The molecule has 0 bridgehead atoms. The summed E-state index contributed by atoms with van der Waals surface area (Å²) < 4.78 is 0. The lowest BCUT2D eigenvalue weighted by molar-refractivity contribution is -0.121. The third-order valence-electron chi connectivity index (χ3n) is 3.87. The van der Waals surface area contributed by atoms with Crippen LogP contribution in [0.5, 0.6) is 0 Å². The maximum Gasteiger partial charge on any atom is 0.267 e. The summed E-state index contributed by atoms with van der Waals surface area (Å²) in [6.45, 7) is 1.39. The topological polar surface area (TPSA) is 82.6 Å². The molecule has 0 unspecified atom stereocenters. The number of nitrogens with zero attached hydrogens (tertiary/aromatic N) is 1. The summed E-state index contributed by atoms with van der Waals surface area (Å²) in [6.07, 6.45) is 8.56. The highest BCUT2D eigenvalue weighted by molar-refractivity contribution is 6.39. The first-order valence-corrected chi connectivity index (χ1v) is 7.62. The Morgan fingerprint density at radius 3 is 2.55 bits per heavy atom. The van der Waals surface area contributed by atoms with Crippen molar-refractivity contribution in [1.82, 2.24) is 16.1 Å². The molecule has 20 heavy (non-hydrogen) atoms. The van der Waals surface area contributed by atoms with Gasteiger partial charge in [-0.1, -0.05) is 25.7 Å². The molecule has 0 aromatic carbocycles. The van der Waals surface area contributed by atoms with Crippen LogP contribution in [0.1, 0.15) is 51.4 Å². The van der Waals surface area contributed by atoms with Crippen LogP contribution in [-0.4, -0.2) is 36.7 Å². The molecule has 6 nitrogen and oxygen atoms in total. The molecule has 0 spiro atoms. The Hall–Kier alpha value is -1.43. The van der Waals surface area contributed by atoms with Gasteiger partial charge in [-0.05, 0) is 12.8 Å². The third-order valence-corrected chi connectivity index (χ3v) is 3.87. The molecule has 1 aliphatic heterocycles. The summed E-state index contributed by atoms with van der Waals surface area (Å²) in [6, 6.07) is 0.598. The van der Waals surface area contributed by atoms with Gasteiger partial charge in [0.05, 0.1) is 0 Å². The summed E-state index contributed by atoms with van der Waals surface area (Å²) in [5, 5.41) is 10.1. The van der Waals surface area contributed by atoms with E-state index in [2.05, 4.69) is 21.2 Å². The van der Waals surface area contributed by atoms with Crippen LogP contribution in [0, 0.1) is 0 Å². The van der Waals surface area contributed by atoms with Crippen molar-refractivity contribution >= 4 is 17.5 Å². The number of hydrogen-bond acceptors (Lipinski definition) is 4. The molecule has 112 valence electrons. The molecule has 0 aromatic rings. The number of amides is 2. The molecule has 3 N–H and O–H groups in total. The van der Waals surface area contributed by atoms with Gasteiger partial charge in [0.15, 0.2) is 0 Å². The Morgan fingerprint density at radius 1 is 1.15 bits per heavy atom. The second kappa shape index (κ2) is 7.99. The van der Waals surface area contributed by atoms with Gasteiger partial charge in [-0.15, -0.1) is 0 Å². The van der Waals surface area contributed by atoms with Crippen molar-refractivity contribution in [2.45, 2.75) is 57.4 Å². The summed E-state index contributed by atoms with van der Waals surface area (Å²) in [5.74, 6) is -0.302. The van der Waals surface area contributed by atoms with E-state index >= 15 is 0 Å². The smallest absolute Gasteiger partial charge is 0.267 e. The average molecular weight is 280 g/mol. The van der Waals surface area contributed by atoms with Crippen molar-refractivity contribution in [1.29, 1.82) is 0 Å². The fourth-order valence-electron chi connectivity index (χ4n) is 2.68. The summed E-state index contributed by atoms with van der Waals surface area (Å²) >= 11 is 0. The molecule has 0 aromatic heterocycles. The quantitative estimate of drug-likeness (QED) is 0.511. The second-order valence-corrected chi connectivity index (χ2v) is 5.49. The molecule has 1 aliphatic carbocycles. The molecular formula is C14H24N4O2. The zero-order valence-electron chi connectivity index (χ0n) is 11.9. The first-order valence-electron chi connectivity index (χ1n) is 7.62. The molecule has 2 aliphatic rings. The highest BCUT2D eigenvalue weighted by atomic mass is 16.2. The molecule has 6 heteroatoms. The lowest BCUT2D eigenvalue weighted by Crippen LogP contribution is -2.41. The van der Waals surface area contributed by atoms with Gasteiger partial charge in [0, 0.05) is 32.0 Å². The molecular weight excluding hydrogens is 256 g/mol. The average Bonchev–Trinajstić information content (AvgIpc) is 2.73. The molecule has 0 radical (unpaired) electrons. The number of carbonyl (C=O) groups is 2. The summed E-state index contributed by atoms with van der Waals surface area (Å²) in [4.78, 5) is 22.7. The van der Waals surface area contributed by atoms with Crippen LogP contribution >= 0.6 is 0 Å². The minimum atomic E-state index is -0.173. The molecule has 2 amide bonds. The van der Waals surface area contributed by atoms with Crippen molar-refractivity contribution in [2.75, 3.05) is 13.1 Å². The second-order valence-electron chi connectivity index (χ2n) is 5.49. The SMILES string of the molecule is O=C1CCC(C(=O)NCCNC2CCCCCC2)=NN1. The Morgan fingerprint density at radius 2 is 1.90 bits per heavy atom. The Balaban J connectivity index is 1.60. The largest absolute Gasteiger partial charge is 0.350 e. The van der Waals surface area contributed by atoms with Gasteiger partial charge in [0.2, 0.25) is 5.91 Å². The predicted octanol–water partition coefficient (Wildman–Crippen LogP) is 0.681. The van der Waals surface area contributed by atoms with Crippen molar-refractivity contribution < 1.29 is 9.59 Å². The highest BCUT2D eigenvalue weighted by Gasteiger charge is 2.17. The summed E-state index contributed by atoms with van der Waals surface area (Å²) in [7, 11) is 0. The lowest BCUT2D eigenvalue weighted by Gasteiger charge is -2.17. The maximum absolute atomic E-state index is 11.8. The van der Waals surface area contributed by atoms with E-state index < -0.39 is 0 Å². The number of hydrazone groups is 1. The highest BCUT2D eigenvalue weighted by Crippen LogP contribution is 2.16. The van der Waals surface area contributed by atoms with E-state index in [4.69, 9.17) is 0 Å². The Kier molecular flexibility index (Phi) is 5.98. The van der Waals surface area contributed by atoms with Crippen LogP contribution in [-0.2, 0) is 9.59 Å². The van der Waals surface area contributed by atoms with Gasteiger partial charge in [0.25, 0.3) is 5.91 Å². The number of rotatable bonds is 5. The van der Waals surface area contributed by atoms with E-state index in [0.29, 0.717) is 31.1 Å². The molecule has 0 saturated heterocycles. The number of carbonyl (C=O) groups excluding carboxylic acids is 2. The van der Waals surface area contributed by atoms with Gasteiger partial charge < -0.3 is 10.6 Å². The minimum Gasteiger partial charge on any atom is -0.350 e. The van der Waals surface area contributed by atoms with Crippen LogP contribution in [0.15, 0.2) is 5.10 Å². The van der Waals surface area contributed by atoms with E-state index in [1.54, 1.807) is 0 Å². The minimum absolute atomic E-state index is 0.128. The standard InChI is InChI=1S/C14H24N4O2/c19-13-8-7-12(17-18-13)14(20)16-10-9-15-11-5-3-1-2-4-6-11/h11,15H,1-10H2,(H,16,20)(H,18,19). The van der Waals surface area contributed by atoms with Gasteiger partial charge in [-0.3, -0.25) is 9.59 Å². The van der Waals surface area contributed by atoms with Crippen LogP contribution in [0.25, 0.3) is 0 Å². The Bertz CT molecular complexity index is 373. The molecule has 1 saturated carbocycles. The van der Waals surface area contributed by atoms with E-state index in [0.717, 1.165) is 6.54 Å². The molecule has 1 fully saturated rings. The van der Waals surface area contributed by atoms with Crippen LogP contribution in [0.2, 0.25) is 0 Å². The fraction of sp³-hybridized carbons (Fsp3) is 0.786. The van der Waals surface area contributed by atoms with Gasteiger partial charge in [0.1, 0.15) is 5.71 Å². The van der Waals surface area contributed by atoms with Crippen LogP contribution in [0.4, 0.5) is 0 Å². The van der Waals surface area contributed by atoms with Crippen LogP contribution in [0.3, 0.4) is 0 Å². The van der Waals surface area contributed by atoms with Crippen molar-refractivity contribution in [3.05, 3.63) is 0 Å². The number of hydrogen-bond donors (Lipinski definition) is 3. The van der Waals surface area contributed by atoms with E-state index in [9.17, 15) is 9.59 Å². The van der Waals surface area contributed by atoms with Crippen molar-refractivity contribution in [2.24, 2.45) is 5.10 Å². The zero-order valence-corrected chi connectivity index (χ0v) is 11.9. The lowest BCUT2D eigenvalue weighted by atomic mass is 10.1. The summed E-state index contributed by atoms with van der Waals surface area (Å²) in [5.41, 5.74) is 2.75. The first-order chi connectivity index (χ1) is 9.75. The fourth-order valence-corrected chi connectivity index (χ4v) is 2.68. The molecule has 1 heterocycles. The van der Waals surface area contributed by atoms with E-state index in [1.807, 2.05) is 0 Å². The van der Waals surface area contributed by atoms with E-state index in [-0.39, 0.29) is 11.8 Å². The van der Waals surface area contributed by atoms with Gasteiger partial charge in [-0.2, -0.15) is 5.10 Å². The van der Waals surface area contributed by atoms with Crippen LogP contribution < -0.4 is 16.1 Å².